The van der Waals surface area contributed by atoms with Gasteiger partial charge in [-0.15, -0.1) is 0 Å². The summed E-state index contributed by atoms with van der Waals surface area (Å²) in [5, 5.41) is 8.97. The van der Waals surface area contributed by atoms with Gasteiger partial charge in [-0.1, -0.05) is 18.2 Å². The van der Waals surface area contributed by atoms with Crippen molar-refractivity contribution >= 4 is 23.3 Å². The minimum Gasteiger partial charge on any atom is -0.331 e. The average molecular weight is 279 g/mol. The highest BCUT2D eigenvalue weighted by molar-refractivity contribution is 7.71. The maximum atomic E-state index is 8.97. The number of benzene rings is 2. The first-order valence-corrected chi connectivity index (χ1v) is 6.76. The number of hydrogen-bond acceptors (Lipinski definition) is 2. The number of H-pyrrole nitrogens is 1. The summed E-state index contributed by atoms with van der Waals surface area (Å²) in [6.07, 6.45) is 0. The monoisotopic (exact) mass is 279 g/mol. The van der Waals surface area contributed by atoms with Crippen LogP contribution >= 0.6 is 12.2 Å². The predicted octanol–water partition coefficient (Wildman–Crippen LogP) is 3.93. The Bertz CT molecular complexity index is 881. The van der Waals surface area contributed by atoms with Gasteiger partial charge in [0, 0.05) is 0 Å². The fourth-order valence-corrected chi connectivity index (χ4v) is 2.61. The second-order valence-electron chi connectivity index (χ2n) is 4.85. The van der Waals surface area contributed by atoms with Gasteiger partial charge in [0.2, 0.25) is 0 Å². The molecule has 0 radical (unpaired) electrons. The molecule has 3 aromatic rings. The molecule has 0 aliphatic heterocycles. The molecule has 0 bridgehead atoms. The highest BCUT2D eigenvalue weighted by atomic mass is 32.1. The molecule has 0 atom stereocenters. The third-order valence-corrected chi connectivity index (χ3v) is 3.65. The molecule has 0 spiro atoms. The van der Waals surface area contributed by atoms with Gasteiger partial charge in [0.1, 0.15) is 0 Å². The number of aromatic amines is 1. The summed E-state index contributed by atoms with van der Waals surface area (Å²) in [4.78, 5) is 3.22. The van der Waals surface area contributed by atoms with Gasteiger partial charge in [0.25, 0.3) is 0 Å². The van der Waals surface area contributed by atoms with Crippen LogP contribution in [0.5, 0.6) is 0 Å². The molecule has 0 aliphatic rings. The largest absolute Gasteiger partial charge is 0.331 e. The molecule has 0 saturated heterocycles. The van der Waals surface area contributed by atoms with Crippen LogP contribution in [-0.4, -0.2) is 9.55 Å². The summed E-state index contributed by atoms with van der Waals surface area (Å²) < 4.78 is 2.77. The van der Waals surface area contributed by atoms with Gasteiger partial charge < -0.3 is 9.55 Å². The number of aromatic nitrogens is 2. The SMILES string of the molecule is Cc1ccc2[nH]c(=S)n(Cc3cccc(C#N)c3)c2c1. The molecule has 3 nitrogen and oxygen atoms in total. The number of nitriles is 1. The van der Waals surface area contributed by atoms with Crippen molar-refractivity contribution < 1.29 is 0 Å². The van der Waals surface area contributed by atoms with Gasteiger partial charge in [-0.3, -0.25) is 0 Å². The van der Waals surface area contributed by atoms with Crippen LogP contribution in [0.3, 0.4) is 0 Å². The molecular weight excluding hydrogens is 266 g/mol. The first-order chi connectivity index (χ1) is 9.67. The van der Waals surface area contributed by atoms with E-state index in [1.165, 1.54) is 5.56 Å². The van der Waals surface area contributed by atoms with Gasteiger partial charge in [-0.25, -0.2) is 0 Å². The van der Waals surface area contributed by atoms with Crippen LogP contribution < -0.4 is 0 Å². The first-order valence-electron chi connectivity index (χ1n) is 6.35. The highest BCUT2D eigenvalue weighted by Crippen LogP contribution is 2.18. The summed E-state index contributed by atoms with van der Waals surface area (Å²) in [6, 6.07) is 16.0. The molecule has 0 aliphatic carbocycles. The van der Waals surface area contributed by atoms with Crippen molar-refractivity contribution in [3.8, 4) is 6.07 Å². The van der Waals surface area contributed by atoms with Gasteiger partial charge in [0.15, 0.2) is 4.77 Å². The Kier molecular flexibility index (Phi) is 3.13. The van der Waals surface area contributed by atoms with E-state index in [-0.39, 0.29) is 0 Å². The molecule has 0 fully saturated rings. The number of fused-ring (bicyclic) bond motifs is 1. The van der Waals surface area contributed by atoms with Crippen LogP contribution in [0.1, 0.15) is 16.7 Å². The molecule has 2 aromatic carbocycles. The van der Waals surface area contributed by atoms with Crippen LogP contribution in [0, 0.1) is 23.0 Å². The third-order valence-electron chi connectivity index (χ3n) is 3.33. The van der Waals surface area contributed by atoms with Gasteiger partial charge >= 0.3 is 0 Å². The Hall–Kier alpha value is -2.38. The quantitative estimate of drug-likeness (QED) is 0.722. The molecule has 98 valence electrons. The Morgan fingerprint density at radius 1 is 1.25 bits per heavy atom. The van der Waals surface area contributed by atoms with Crippen molar-refractivity contribution in [3.05, 3.63) is 63.9 Å². The van der Waals surface area contributed by atoms with Crippen molar-refractivity contribution in [3.63, 3.8) is 0 Å². The zero-order valence-corrected chi connectivity index (χ0v) is 11.9. The Morgan fingerprint density at radius 2 is 2.10 bits per heavy atom. The summed E-state index contributed by atoms with van der Waals surface area (Å²) in [5.41, 5.74) is 5.08. The van der Waals surface area contributed by atoms with Crippen molar-refractivity contribution in [2.24, 2.45) is 0 Å². The average Bonchev–Trinajstić information content (AvgIpc) is 2.75. The zero-order valence-electron chi connectivity index (χ0n) is 11.1. The lowest BCUT2D eigenvalue weighted by atomic mass is 10.1. The fourth-order valence-electron chi connectivity index (χ4n) is 2.34. The molecule has 0 unspecified atom stereocenters. The standard InChI is InChI=1S/C16H13N3S/c1-11-5-6-14-15(7-11)19(16(20)18-14)10-13-4-2-3-12(8-13)9-17/h2-8H,10H2,1H3,(H,18,20). The maximum absolute atomic E-state index is 8.97. The van der Waals surface area contributed by atoms with Crippen molar-refractivity contribution in [2.45, 2.75) is 13.5 Å². The van der Waals surface area contributed by atoms with E-state index in [0.717, 1.165) is 16.6 Å². The van der Waals surface area contributed by atoms with Crippen LogP contribution in [0.15, 0.2) is 42.5 Å². The second kappa shape index (κ2) is 4.95. The molecule has 4 heteroatoms. The maximum Gasteiger partial charge on any atom is 0.178 e. The summed E-state index contributed by atoms with van der Waals surface area (Å²) in [5.74, 6) is 0. The molecular formula is C16H13N3S. The fraction of sp³-hybridized carbons (Fsp3) is 0.125. The molecule has 1 N–H and O–H groups in total. The van der Waals surface area contributed by atoms with Crippen molar-refractivity contribution in [1.82, 2.24) is 9.55 Å². The van der Waals surface area contributed by atoms with E-state index in [1.54, 1.807) is 0 Å². The second-order valence-corrected chi connectivity index (χ2v) is 5.24. The van der Waals surface area contributed by atoms with Gasteiger partial charge in [-0.05, 0) is 54.5 Å². The topological polar surface area (TPSA) is 44.5 Å². The summed E-state index contributed by atoms with van der Waals surface area (Å²) >= 11 is 5.40. The highest BCUT2D eigenvalue weighted by Gasteiger charge is 2.05. The summed E-state index contributed by atoms with van der Waals surface area (Å²) in [7, 11) is 0. The number of hydrogen-bond donors (Lipinski definition) is 1. The number of rotatable bonds is 2. The zero-order chi connectivity index (χ0) is 14.1. The molecule has 1 aromatic heterocycles. The predicted molar refractivity (Wildman–Crippen MR) is 82.1 cm³/mol. The lowest BCUT2D eigenvalue weighted by Crippen LogP contribution is -2.00. The lowest BCUT2D eigenvalue weighted by molar-refractivity contribution is 0.810. The van der Waals surface area contributed by atoms with Gasteiger partial charge in [0.05, 0.1) is 29.2 Å². The first kappa shape index (κ1) is 12.6. The third kappa shape index (κ3) is 2.24. The summed E-state index contributed by atoms with van der Waals surface area (Å²) in [6.45, 7) is 2.73. The molecule has 0 amide bonds. The lowest BCUT2D eigenvalue weighted by Gasteiger charge is -2.05. The normalized spacial score (nSPS) is 10.6. The van der Waals surface area contributed by atoms with Crippen LogP contribution in [0.4, 0.5) is 0 Å². The van der Waals surface area contributed by atoms with E-state index in [2.05, 4.69) is 34.7 Å². The molecule has 3 rings (SSSR count). The smallest absolute Gasteiger partial charge is 0.178 e. The number of imidazole rings is 1. The molecule has 0 saturated carbocycles. The van der Waals surface area contributed by atoms with Crippen LogP contribution in [0.25, 0.3) is 11.0 Å². The Morgan fingerprint density at radius 3 is 2.90 bits per heavy atom. The number of nitrogens with zero attached hydrogens (tertiary/aromatic N) is 2. The van der Waals surface area contributed by atoms with E-state index >= 15 is 0 Å². The van der Waals surface area contributed by atoms with E-state index in [0.29, 0.717) is 16.9 Å². The van der Waals surface area contributed by atoms with Crippen LogP contribution in [-0.2, 0) is 6.54 Å². The Balaban J connectivity index is 2.10. The van der Waals surface area contributed by atoms with E-state index in [1.807, 2.05) is 30.3 Å². The molecule has 20 heavy (non-hydrogen) atoms. The van der Waals surface area contributed by atoms with E-state index in [4.69, 9.17) is 17.5 Å². The van der Waals surface area contributed by atoms with Crippen LogP contribution in [0.2, 0.25) is 0 Å². The molecule has 1 heterocycles. The van der Waals surface area contributed by atoms with E-state index in [9.17, 15) is 0 Å². The minimum atomic E-state index is 0.664. The van der Waals surface area contributed by atoms with E-state index < -0.39 is 0 Å². The minimum absolute atomic E-state index is 0.664. The Labute approximate surface area is 122 Å². The number of aryl methyl sites for hydroxylation is 1. The van der Waals surface area contributed by atoms with Gasteiger partial charge in [-0.2, -0.15) is 5.26 Å². The van der Waals surface area contributed by atoms with Crippen molar-refractivity contribution in [1.29, 1.82) is 5.26 Å². The van der Waals surface area contributed by atoms with Crippen molar-refractivity contribution in [2.75, 3.05) is 0 Å². The number of nitrogens with one attached hydrogen (secondary N) is 1.